The molecule has 1 heterocycles. The minimum Gasteiger partial charge on any atom is -0.356 e. The molecule has 5 nitrogen and oxygen atoms in total. The summed E-state index contributed by atoms with van der Waals surface area (Å²) in [7, 11) is 0. The second kappa shape index (κ2) is 4.27. The Labute approximate surface area is 80.2 Å². The van der Waals surface area contributed by atoms with Gasteiger partial charge in [0, 0.05) is 13.0 Å². The SMILES string of the molecule is CCNC(=O)CC1SC(=N)NC1=O. The molecule has 0 aromatic rings. The van der Waals surface area contributed by atoms with Gasteiger partial charge < -0.3 is 10.6 Å². The van der Waals surface area contributed by atoms with Crippen molar-refractivity contribution >= 4 is 28.7 Å². The Morgan fingerprint density at radius 2 is 2.46 bits per heavy atom. The number of rotatable bonds is 3. The van der Waals surface area contributed by atoms with Crippen LogP contribution in [0.1, 0.15) is 13.3 Å². The molecule has 6 heteroatoms. The lowest BCUT2D eigenvalue weighted by Crippen LogP contribution is -2.30. The molecule has 72 valence electrons. The van der Waals surface area contributed by atoms with Gasteiger partial charge >= 0.3 is 0 Å². The Hall–Kier alpha value is -1.04. The predicted octanol–water partition coefficient (Wildman–Crippen LogP) is -0.321. The summed E-state index contributed by atoms with van der Waals surface area (Å²) in [5.74, 6) is -0.397. The minimum atomic E-state index is -0.431. The zero-order valence-electron chi connectivity index (χ0n) is 7.22. The van der Waals surface area contributed by atoms with Crippen molar-refractivity contribution in [1.82, 2.24) is 10.6 Å². The second-order valence-corrected chi connectivity index (χ2v) is 3.80. The summed E-state index contributed by atoms with van der Waals surface area (Å²) in [5.41, 5.74) is 0. The van der Waals surface area contributed by atoms with Gasteiger partial charge in [0.15, 0.2) is 5.17 Å². The average molecular weight is 201 g/mol. The molecule has 1 atom stereocenters. The predicted molar refractivity (Wildman–Crippen MR) is 50.5 cm³/mol. The lowest BCUT2D eigenvalue weighted by atomic mass is 10.3. The van der Waals surface area contributed by atoms with Crippen LogP contribution in [0.3, 0.4) is 0 Å². The van der Waals surface area contributed by atoms with E-state index in [2.05, 4.69) is 10.6 Å². The van der Waals surface area contributed by atoms with Crippen LogP contribution >= 0.6 is 11.8 Å². The maximum Gasteiger partial charge on any atom is 0.240 e. The van der Waals surface area contributed by atoms with Gasteiger partial charge in [-0.2, -0.15) is 0 Å². The molecule has 0 aromatic heterocycles. The minimum absolute atomic E-state index is 0.124. The topological polar surface area (TPSA) is 82.1 Å². The van der Waals surface area contributed by atoms with Gasteiger partial charge in [0.25, 0.3) is 0 Å². The number of amidine groups is 1. The van der Waals surface area contributed by atoms with E-state index >= 15 is 0 Å². The Bertz CT molecular complexity index is 254. The molecule has 1 unspecified atom stereocenters. The van der Waals surface area contributed by atoms with Crippen molar-refractivity contribution in [2.24, 2.45) is 0 Å². The summed E-state index contributed by atoms with van der Waals surface area (Å²) in [6, 6.07) is 0. The first-order chi connectivity index (χ1) is 6.13. The molecule has 1 aliphatic rings. The molecule has 0 aromatic carbocycles. The van der Waals surface area contributed by atoms with E-state index in [-0.39, 0.29) is 23.4 Å². The van der Waals surface area contributed by atoms with Gasteiger partial charge in [-0.1, -0.05) is 11.8 Å². The van der Waals surface area contributed by atoms with Gasteiger partial charge in [0.2, 0.25) is 11.8 Å². The van der Waals surface area contributed by atoms with Crippen LogP contribution in [-0.4, -0.2) is 28.8 Å². The fraction of sp³-hybridized carbons (Fsp3) is 0.571. The summed E-state index contributed by atoms with van der Waals surface area (Å²) in [6.07, 6.45) is 0.146. The molecule has 13 heavy (non-hydrogen) atoms. The summed E-state index contributed by atoms with van der Waals surface area (Å²) in [4.78, 5) is 22.1. The van der Waals surface area contributed by atoms with E-state index in [1.54, 1.807) is 0 Å². The van der Waals surface area contributed by atoms with Crippen LogP contribution in [0.25, 0.3) is 0 Å². The van der Waals surface area contributed by atoms with Crippen molar-refractivity contribution in [2.75, 3.05) is 6.54 Å². The number of carbonyl (C=O) groups is 2. The Kier molecular flexibility index (Phi) is 3.30. The number of hydrogen-bond donors (Lipinski definition) is 3. The zero-order chi connectivity index (χ0) is 9.84. The largest absolute Gasteiger partial charge is 0.356 e. The molecule has 0 saturated carbocycles. The molecular weight excluding hydrogens is 190 g/mol. The van der Waals surface area contributed by atoms with Gasteiger partial charge in [-0.25, -0.2) is 0 Å². The van der Waals surface area contributed by atoms with E-state index in [9.17, 15) is 9.59 Å². The highest BCUT2D eigenvalue weighted by atomic mass is 32.2. The molecular formula is C7H11N3O2S. The number of nitrogens with one attached hydrogen (secondary N) is 3. The van der Waals surface area contributed by atoms with E-state index in [0.717, 1.165) is 11.8 Å². The normalized spacial score (nSPS) is 21.5. The molecule has 1 aliphatic heterocycles. The van der Waals surface area contributed by atoms with E-state index in [1.165, 1.54) is 0 Å². The van der Waals surface area contributed by atoms with Crippen LogP contribution in [0.15, 0.2) is 0 Å². The van der Waals surface area contributed by atoms with E-state index in [4.69, 9.17) is 5.41 Å². The summed E-state index contributed by atoms with van der Waals surface area (Å²) in [5, 5.41) is 11.8. The highest BCUT2D eigenvalue weighted by molar-refractivity contribution is 8.15. The highest BCUT2D eigenvalue weighted by Crippen LogP contribution is 2.20. The first-order valence-corrected chi connectivity index (χ1v) is 4.84. The molecule has 0 bridgehead atoms. The van der Waals surface area contributed by atoms with Crippen LogP contribution in [0.4, 0.5) is 0 Å². The molecule has 0 radical (unpaired) electrons. The monoisotopic (exact) mass is 201 g/mol. The molecule has 0 spiro atoms. The smallest absolute Gasteiger partial charge is 0.240 e. The first kappa shape index (κ1) is 10.0. The molecule has 1 fully saturated rings. The number of thioether (sulfide) groups is 1. The number of hydrogen-bond acceptors (Lipinski definition) is 4. The summed E-state index contributed by atoms with van der Waals surface area (Å²) in [6.45, 7) is 2.39. The summed E-state index contributed by atoms with van der Waals surface area (Å²) >= 11 is 1.09. The Balaban J connectivity index is 2.41. The molecule has 1 saturated heterocycles. The molecule has 1 rings (SSSR count). The lowest BCUT2D eigenvalue weighted by Gasteiger charge is -2.04. The highest BCUT2D eigenvalue weighted by Gasteiger charge is 2.30. The van der Waals surface area contributed by atoms with Crippen LogP contribution in [0, 0.1) is 5.41 Å². The van der Waals surface area contributed by atoms with Crippen molar-refractivity contribution in [3.8, 4) is 0 Å². The lowest BCUT2D eigenvalue weighted by molar-refractivity contribution is -0.125. The van der Waals surface area contributed by atoms with Crippen molar-refractivity contribution in [1.29, 1.82) is 5.41 Å². The fourth-order valence-corrected chi connectivity index (χ4v) is 1.83. The average Bonchev–Trinajstić information content (AvgIpc) is 2.30. The number of carbonyl (C=O) groups excluding carboxylic acids is 2. The quantitative estimate of drug-likeness (QED) is 0.585. The Morgan fingerprint density at radius 1 is 1.77 bits per heavy atom. The fourth-order valence-electron chi connectivity index (χ4n) is 0.990. The van der Waals surface area contributed by atoms with E-state index < -0.39 is 5.25 Å². The molecule has 2 amide bonds. The third-order valence-electron chi connectivity index (χ3n) is 1.53. The van der Waals surface area contributed by atoms with Crippen molar-refractivity contribution in [3.63, 3.8) is 0 Å². The van der Waals surface area contributed by atoms with Crippen molar-refractivity contribution in [2.45, 2.75) is 18.6 Å². The molecule has 0 aliphatic carbocycles. The van der Waals surface area contributed by atoms with Gasteiger partial charge in [-0.3, -0.25) is 15.0 Å². The van der Waals surface area contributed by atoms with Crippen molar-refractivity contribution < 1.29 is 9.59 Å². The third kappa shape index (κ3) is 2.73. The number of amides is 2. The van der Waals surface area contributed by atoms with Crippen LogP contribution in [-0.2, 0) is 9.59 Å². The van der Waals surface area contributed by atoms with Gasteiger partial charge in [-0.05, 0) is 6.92 Å². The molecule has 3 N–H and O–H groups in total. The van der Waals surface area contributed by atoms with Crippen LogP contribution in [0.2, 0.25) is 0 Å². The van der Waals surface area contributed by atoms with Crippen molar-refractivity contribution in [3.05, 3.63) is 0 Å². The maximum absolute atomic E-state index is 11.1. The second-order valence-electron chi connectivity index (χ2n) is 2.58. The summed E-state index contributed by atoms with van der Waals surface area (Å²) < 4.78 is 0. The third-order valence-corrected chi connectivity index (χ3v) is 2.54. The van der Waals surface area contributed by atoms with Crippen LogP contribution < -0.4 is 10.6 Å². The maximum atomic E-state index is 11.1. The van der Waals surface area contributed by atoms with Gasteiger partial charge in [0.05, 0.1) is 0 Å². The zero-order valence-corrected chi connectivity index (χ0v) is 8.03. The first-order valence-electron chi connectivity index (χ1n) is 3.96. The van der Waals surface area contributed by atoms with E-state index in [1.807, 2.05) is 6.92 Å². The van der Waals surface area contributed by atoms with Crippen LogP contribution in [0.5, 0.6) is 0 Å². The van der Waals surface area contributed by atoms with Gasteiger partial charge in [-0.15, -0.1) is 0 Å². The standard InChI is InChI=1S/C7H11N3O2S/c1-2-9-5(11)3-4-6(12)10-7(8)13-4/h4H,2-3H2,1H3,(H,9,11)(H2,8,10,12). The van der Waals surface area contributed by atoms with Gasteiger partial charge in [0.1, 0.15) is 5.25 Å². The Morgan fingerprint density at radius 3 is 2.92 bits per heavy atom. The van der Waals surface area contributed by atoms with E-state index in [0.29, 0.717) is 6.54 Å².